The Kier molecular flexibility index (Phi) is 9.02. The van der Waals surface area contributed by atoms with Gasteiger partial charge in [-0.25, -0.2) is 4.98 Å². The summed E-state index contributed by atoms with van der Waals surface area (Å²) >= 11 is 1.53. The van der Waals surface area contributed by atoms with E-state index in [9.17, 15) is 18.0 Å². The Hall–Kier alpha value is -4.54. The van der Waals surface area contributed by atoms with Gasteiger partial charge in [-0.05, 0) is 78.1 Å². The van der Waals surface area contributed by atoms with Gasteiger partial charge in [-0.3, -0.25) is 9.59 Å². The SMILES string of the molecule is CCCCc1c2c(cc(C(=O)c3ccccc3-c3nc4ccccc4s3)c1N1CCCCC1N)-c1ccccc1C2C(=O)NCC(F)(F)F. The molecule has 5 aromatic rings. The highest BCUT2D eigenvalue weighted by Gasteiger charge is 2.41. The first-order valence-electron chi connectivity index (χ1n) is 16.8. The number of halogens is 3. The van der Waals surface area contributed by atoms with Crippen molar-refractivity contribution < 1.29 is 22.8 Å². The van der Waals surface area contributed by atoms with Crippen LogP contribution in [0.3, 0.4) is 0 Å². The molecule has 4 aromatic carbocycles. The fourth-order valence-corrected chi connectivity index (χ4v) is 8.35. The number of nitrogens with one attached hydrogen (secondary N) is 1. The molecule has 2 unspecified atom stereocenters. The van der Waals surface area contributed by atoms with Crippen molar-refractivity contribution in [2.45, 2.75) is 63.7 Å². The predicted octanol–water partition coefficient (Wildman–Crippen LogP) is 8.60. The van der Waals surface area contributed by atoms with Crippen molar-refractivity contribution in [3.05, 3.63) is 107 Å². The summed E-state index contributed by atoms with van der Waals surface area (Å²) in [4.78, 5) is 35.8. The number of rotatable bonds is 9. The summed E-state index contributed by atoms with van der Waals surface area (Å²) in [6, 6.07) is 24.5. The van der Waals surface area contributed by atoms with Crippen LogP contribution in [0, 0.1) is 0 Å². The molecular weight excluding hydrogens is 646 g/mol. The Morgan fingerprint density at radius 3 is 2.45 bits per heavy atom. The second kappa shape index (κ2) is 13.4. The number of benzene rings is 4. The van der Waals surface area contributed by atoms with Crippen LogP contribution in [0.25, 0.3) is 31.9 Å². The van der Waals surface area contributed by atoms with Gasteiger partial charge in [0.25, 0.3) is 0 Å². The highest BCUT2D eigenvalue weighted by atomic mass is 32.1. The monoisotopic (exact) mass is 682 g/mol. The van der Waals surface area contributed by atoms with Crippen molar-refractivity contribution in [2.24, 2.45) is 5.73 Å². The van der Waals surface area contributed by atoms with E-state index >= 15 is 4.79 Å². The van der Waals surface area contributed by atoms with Gasteiger partial charge in [0, 0.05) is 23.2 Å². The number of hydrogen-bond acceptors (Lipinski definition) is 6. The third kappa shape index (κ3) is 6.24. The zero-order valence-electron chi connectivity index (χ0n) is 27.1. The summed E-state index contributed by atoms with van der Waals surface area (Å²) in [7, 11) is 0. The maximum absolute atomic E-state index is 15.1. The van der Waals surface area contributed by atoms with Gasteiger partial charge in [-0.15, -0.1) is 11.3 Å². The Balaban J connectivity index is 1.47. The van der Waals surface area contributed by atoms with E-state index in [2.05, 4.69) is 17.1 Å². The minimum atomic E-state index is -4.56. The lowest BCUT2D eigenvalue weighted by molar-refractivity contribution is -0.138. The molecule has 10 heteroatoms. The van der Waals surface area contributed by atoms with E-state index in [0.29, 0.717) is 46.5 Å². The number of fused-ring (bicyclic) bond motifs is 4. The molecule has 7 rings (SSSR count). The molecule has 0 radical (unpaired) electrons. The fourth-order valence-electron chi connectivity index (χ4n) is 7.35. The third-order valence-corrected chi connectivity index (χ3v) is 10.6. The summed E-state index contributed by atoms with van der Waals surface area (Å²) in [5, 5.41) is 2.90. The summed E-state index contributed by atoms with van der Waals surface area (Å²) in [5.74, 6) is -1.86. The van der Waals surface area contributed by atoms with E-state index in [1.807, 2.05) is 66.7 Å². The topological polar surface area (TPSA) is 88.3 Å². The Morgan fingerprint density at radius 1 is 0.959 bits per heavy atom. The van der Waals surface area contributed by atoms with Crippen LogP contribution < -0.4 is 16.0 Å². The van der Waals surface area contributed by atoms with E-state index in [0.717, 1.165) is 64.0 Å². The van der Waals surface area contributed by atoms with Crippen LogP contribution in [0.1, 0.15) is 77.6 Å². The van der Waals surface area contributed by atoms with Gasteiger partial charge in [0.15, 0.2) is 5.78 Å². The van der Waals surface area contributed by atoms with Gasteiger partial charge in [-0.1, -0.05) is 74.0 Å². The average Bonchev–Trinajstić information content (AvgIpc) is 3.68. The maximum Gasteiger partial charge on any atom is 0.405 e. The van der Waals surface area contributed by atoms with E-state index in [4.69, 9.17) is 10.7 Å². The highest BCUT2D eigenvalue weighted by molar-refractivity contribution is 7.21. The molecule has 0 saturated carbocycles. The molecule has 1 aliphatic heterocycles. The van der Waals surface area contributed by atoms with Crippen LogP contribution in [0.15, 0.2) is 78.9 Å². The van der Waals surface area contributed by atoms with Crippen molar-refractivity contribution in [1.82, 2.24) is 10.3 Å². The second-order valence-electron chi connectivity index (χ2n) is 12.8. The molecule has 2 atom stereocenters. The standard InChI is InChI=1S/C39H37F3N4O2S/c1-2-3-12-27-33-28(23-13-4-5-14-24(23)34(33)37(48)44-22-39(40,41)42)21-29(35(27)46-20-11-10-19-32(46)43)36(47)25-15-6-7-16-26(25)38-45-30-17-8-9-18-31(30)49-38/h4-9,13-18,21,32,34H,2-3,10-12,19-20,22,43H2,1H3,(H,44,48). The highest BCUT2D eigenvalue weighted by Crippen LogP contribution is 2.51. The van der Waals surface area contributed by atoms with Crippen molar-refractivity contribution >= 4 is 38.9 Å². The molecule has 1 saturated heterocycles. The normalized spacial score (nSPS) is 17.2. The van der Waals surface area contributed by atoms with Crippen LogP contribution in [-0.4, -0.2) is 42.1 Å². The number of piperidine rings is 1. The number of anilines is 1. The van der Waals surface area contributed by atoms with E-state index in [-0.39, 0.29) is 11.9 Å². The van der Waals surface area contributed by atoms with Gasteiger partial charge >= 0.3 is 6.18 Å². The van der Waals surface area contributed by atoms with Crippen LogP contribution in [-0.2, 0) is 11.2 Å². The number of carbonyl (C=O) groups is 2. The molecule has 0 spiro atoms. The van der Waals surface area contributed by atoms with Crippen LogP contribution in [0.4, 0.5) is 18.9 Å². The molecule has 1 aromatic heterocycles. The summed E-state index contributed by atoms with van der Waals surface area (Å²) in [5.41, 5.74) is 13.6. The predicted molar refractivity (Wildman–Crippen MR) is 189 cm³/mol. The third-order valence-electron chi connectivity index (χ3n) is 9.58. The van der Waals surface area contributed by atoms with E-state index in [1.54, 1.807) is 12.1 Å². The van der Waals surface area contributed by atoms with Crippen molar-refractivity contribution in [1.29, 1.82) is 0 Å². The Morgan fingerprint density at radius 2 is 1.69 bits per heavy atom. The maximum atomic E-state index is 15.1. The summed E-state index contributed by atoms with van der Waals surface area (Å²) in [6.45, 7) is 1.27. The quantitative estimate of drug-likeness (QED) is 0.152. The van der Waals surface area contributed by atoms with Gasteiger partial charge in [0.2, 0.25) is 5.91 Å². The molecular formula is C39H37F3N4O2S. The second-order valence-corrected chi connectivity index (χ2v) is 13.8. The number of para-hydroxylation sites is 1. The minimum absolute atomic E-state index is 0.189. The number of aromatic nitrogens is 1. The number of carbonyl (C=O) groups excluding carboxylic acids is 2. The molecule has 1 amide bonds. The number of unbranched alkanes of at least 4 members (excludes halogenated alkanes) is 1. The van der Waals surface area contributed by atoms with Crippen molar-refractivity contribution in [2.75, 3.05) is 18.0 Å². The van der Waals surface area contributed by atoms with Crippen LogP contribution in [0.5, 0.6) is 0 Å². The minimum Gasteiger partial charge on any atom is -0.355 e. The van der Waals surface area contributed by atoms with E-state index < -0.39 is 24.5 Å². The first kappa shape index (κ1) is 33.0. The van der Waals surface area contributed by atoms with Gasteiger partial charge in [-0.2, -0.15) is 13.2 Å². The molecule has 3 N–H and O–H groups in total. The number of nitrogens with zero attached hydrogens (tertiary/aromatic N) is 2. The van der Waals surface area contributed by atoms with Gasteiger partial charge < -0.3 is 16.0 Å². The number of hydrogen-bond donors (Lipinski definition) is 2. The molecule has 6 nitrogen and oxygen atoms in total. The molecule has 2 aliphatic rings. The molecule has 1 aliphatic carbocycles. The fraction of sp³-hybridized carbons (Fsp3) is 0.308. The molecule has 1 fully saturated rings. The molecule has 2 heterocycles. The molecule has 49 heavy (non-hydrogen) atoms. The summed E-state index contributed by atoms with van der Waals surface area (Å²) in [6.07, 6.45) is -0.217. The lowest BCUT2D eigenvalue weighted by atomic mass is 9.84. The lowest BCUT2D eigenvalue weighted by Gasteiger charge is -2.38. The van der Waals surface area contributed by atoms with Crippen LogP contribution >= 0.6 is 11.3 Å². The number of thiazole rings is 1. The largest absolute Gasteiger partial charge is 0.405 e. The first-order valence-corrected chi connectivity index (χ1v) is 17.6. The number of ketones is 1. The smallest absolute Gasteiger partial charge is 0.355 e. The zero-order chi connectivity index (χ0) is 34.3. The Labute approximate surface area is 287 Å². The number of alkyl halides is 3. The van der Waals surface area contributed by atoms with Crippen molar-refractivity contribution in [3.63, 3.8) is 0 Å². The van der Waals surface area contributed by atoms with E-state index in [1.165, 1.54) is 11.3 Å². The number of nitrogens with two attached hydrogens (primary N) is 1. The van der Waals surface area contributed by atoms with Gasteiger partial charge in [0.05, 0.1) is 28.0 Å². The van der Waals surface area contributed by atoms with Crippen LogP contribution in [0.2, 0.25) is 0 Å². The molecule has 252 valence electrons. The number of amides is 1. The average molecular weight is 683 g/mol. The van der Waals surface area contributed by atoms with Gasteiger partial charge in [0.1, 0.15) is 11.6 Å². The first-order chi connectivity index (χ1) is 23.7. The molecule has 0 bridgehead atoms. The zero-order valence-corrected chi connectivity index (χ0v) is 28.0. The Bertz CT molecular complexity index is 2020. The summed E-state index contributed by atoms with van der Waals surface area (Å²) < 4.78 is 41.0. The van der Waals surface area contributed by atoms with Crippen molar-refractivity contribution in [3.8, 4) is 21.7 Å². The lowest BCUT2D eigenvalue weighted by Crippen LogP contribution is -2.47.